The minimum atomic E-state index is -0.0325. The summed E-state index contributed by atoms with van der Waals surface area (Å²) in [4.78, 5) is 14.8. The largest absolute Gasteiger partial charge is 0.307 e. The maximum absolute atomic E-state index is 13.0. The highest BCUT2D eigenvalue weighted by molar-refractivity contribution is 6.30. The van der Waals surface area contributed by atoms with Crippen LogP contribution in [0.25, 0.3) is 5.69 Å². The van der Waals surface area contributed by atoms with Gasteiger partial charge in [0.2, 0.25) is 0 Å². The summed E-state index contributed by atoms with van der Waals surface area (Å²) in [6.07, 6.45) is 2.56. The molecule has 2 aromatic carbocycles. The molecule has 1 aromatic heterocycles. The molecule has 1 aliphatic rings. The first-order valence-corrected chi connectivity index (χ1v) is 7.81. The molecule has 5 heteroatoms. The lowest BCUT2D eigenvalue weighted by Gasteiger charge is -2.27. The van der Waals surface area contributed by atoms with Crippen LogP contribution in [-0.2, 0) is 6.42 Å². The van der Waals surface area contributed by atoms with Gasteiger partial charge in [-0.25, -0.2) is 4.68 Å². The van der Waals surface area contributed by atoms with Crippen molar-refractivity contribution in [2.75, 3.05) is 11.4 Å². The summed E-state index contributed by atoms with van der Waals surface area (Å²) in [6, 6.07) is 17.1. The molecule has 0 bridgehead atoms. The fraction of sp³-hybridized carbons (Fsp3) is 0.111. The molecule has 1 aliphatic heterocycles. The van der Waals surface area contributed by atoms with E-state index in [4.69, 9.17) is 11.6 Å². The minimum absolute atomic E-state index is 0.0325. The lowest BCUT2D eigenvalue weighted by Crippen LogP contribution is -2.38. The minimum Gasteiger partial charge on any atom is -0.307 e. The van der Waals surface area contributed by atoms with Crippen molar-refractivity contribution in [1.82, 2.24) is 9.78 Å². The second-order valence-electron chi connectivity index (χ2n) is 5.45. The van der Waals surface area contributed by atoms with Gasteiger partial charge in [0.15, 0.2) is 0 Å². The standard InChI is InChI=1S/C18H14ClN3O/c19-14-5-4-8-16(11-14)22-17-13(12-20-22)9-10-21(18(17)23)15-6-2-1-3-7-15/h1-8,11-12H,9-10H2. The number of carbonyl (C=O) groups is 1. The summed E-state index contributed by atoms with van der Waals surface area (Å²) >= 11 is 6.07. The van der Waals surface area contributed by atoms with Crippen molar-refractivity contribution in [1.29, 1.82) is 0 Å². The molecule has 1 amide bonds. The van der Waals surface area contributed by atoms with Gasteiger partial charge in [0, 0.05) is 22.8 Å². The lowest BCUT2D eigenvalue weighted by molar-refractivity contribution is 0.0973. The van der Waals surface area contributed by atoms with Gasteiger partial charge in [-0.3, -0.25) is 4.79 Å². The van der Waals surface area contributed by atoms with E-state index in [0.29, 0.717) is 17.3 Å². The van der Waals surface area contributed by atoms with Gasteiger partial charge in [-0.15, -0.1) is 0 Å². The zero-order chi connectivity index (χ0) is 15.8. The van der Waals surface area contributed by atoms with Crippen molar-refractivity contribution in [2.45, 2.75) is 6.42 Å². The Morgan fingerprint density at radius 1 is 1.00 bits per heavy atom. The number of halogens is 1. The Labute approximate surface area is 138 Å². The van der Waals surface area contributed by atoms with Crippen molar-refractivity contribution in [2.24, 2.45) is 0 Å². The van der Waals surface area contributed by atoms with Gasteiger partial charge in [0.1, 0.15) is 5.69 Å². The van der Waals surface area contributed by atoms with Gasteiger partial charge in [0.05, 0.1) is 11.9 Å². The van der Waals surface area contributed by atoms with Gasteiger partial charge in [-0.1, -0.05) is 35.9 Å². The molecule has 2 heterocycles. The lowest BCUT2D eigenvalue weighted by atomic mass is 10.1. The maximum Gasteiger partial charge on any atom is 0.277 e. The number of benzene rings is 2. The molecule has 0 aliphatic carbocycles. The molecule has 0 saturated heterocycles. The molecule has 0 N–H and O–H groups in total. The van der Waals surface area contributed by atoms with Gasteiger partial charge in [-0.2, -0.15) is 5.10 Å². The van der Waals surface area contributed by atoms with Gasteiger partial charge in [-0.05, 0) is 36.8 Å². The summed E-state index contributed by atoms with van der Waals surface area (Å²) in [5.74, 6) is -0.0325. The van der Waals surface area contributed by atoms with Crippen LogP contribution in [0.5, 0.6) is 0 Å². The van der Waals surface area contributed by atoms with Crippen LogP contribution in [-0.4, -0.2) is 22.2 Å². The van der Waals surface area contributed by atoms with E-state index in [0.717, 1.165) is 23.4 Å². The molecule has 0 saturated carbocycles. The van der Waals surface area contributed by atoms with Crippen LogP contribution in [0.4, 0.5) is 5.69 Å². The van der Waals surface area contributed by atoms with Crippen LogP contribution in [0.1, 0.15) is 16.1 Å². The van der Waals surface area contributed by atoms with Crippen LogP contribution in [0.3, 0.4) is 0 Å². The number of hydrogen-bond donors (Lipinski definition) is 0. The first-order chi connectivity index (χ1) is 11.2. The topological polar surface area (TPSA) is 38.1 Å². The molecule has 0 atom stereocenters. The second kappa shape index (κ2) is 5.56. The second-order valence-corrected chi connectivity index (χ2v) is 5.89. The van der Waals surface area contributed by atoms with Crippen LogP contribution in [0.2, 0.25) is 5.02 Å². The molecule has 4 rings (SSSR count). The average Bonchev–Trinajstić information content (AvgIpc) is 3.01. The average molecular weight is 324 g/mol. The first kappa shape index (κ1) is 14.0. The quantitative estimate of drug-likeness (QED) is 0.720. The molecule has 0 radical (unpaired) electrons. The number of carbonyl (C=O) groups excluding carboxylic acids is 1. The van der Waals surface area contributed by atoms with E-state index in [1.54, 1.807) is 21.8 Å². The number of rotatable bonds is 2. The Bertz CT molecular complexity index is 873. The van der Waals surface area contributed by atoms with E-state index >= 15 is 0 Å². The molecular weight excluding hydrogens is 310 g/mol. The third kappa shape index (κ3) is 2.41. The summed E-state index contributed by atoms with van der Waals surface area (Å²) in [6.45, 7) is 0.664. The molecular formula is C18H14ClN3O. The number of hydrogen-bond acceptors (Lipinski definition) is 2. The number of amides is 1. The third-order valence-corrected chi connectivity index (χ3v) is 4.25. The van der Waals surface area contributed by atoms with Crippen LogP contribution >= 0.6 is 11.6 Å². The highest BCUT2D eigenvalue weighted by atomic mass is 35.5. The Kier molecular flexibility index (Phi) is 3.39. The van der Waals surface area contributed by atoms with Gasteiger partial charge < -0.3 is 4.90 Å². The first-order valence-electron chi connectivity index (χ1n) is 7.44. The van der Waals surface area contributed by atoms with Crippen LogP contribution < -0.4 is 4.90 Å². The summed E-state index contributed by atoms with van der Waals surface area (Å²) in [7, 11) is 0. The zero-order valence-corrected chi connectivity index (χ0v) is 13.1. The number of para-hydroxylation sites is 1. The van der Waals surface area contributed by atoms with Crippen molar-refractivity contribution in [3.63, 3.8) is 0 Å². The van der Waals surface area contributed by atoms with E-state index < -0.39 is 0 Å². The summed E-state index contributed by atoms with van der Waals surface area (Å²) < 4.78 is 1.68. The Morgan fingerprint density at radius 2 is 1.78 bits per heavy atom. The van der Waals surface area contributed by atoms with Crippen LogP contribution in [0, 0.1) is 0 Å². The predicted molar refractivity (Wildman–Crippen MR) is 90.4 cm³/mol. The van der Waals surface area contributed by atoms with Crippen molar-refractivity contribution < 1.29 is 4.79 Å². The van der Waals surface area contributed by atoms with E-state index in [-0.39, 0.29) is 5.91 Å². The number of anilines is 1. The van der Waals surface area contributed by atoms with Gasteiger partial charge in [0.25, 0.3) is 5.91 Å². The normalized spacial score (nSPS) is 14.0. The third-order valence-electron chi connectivity index (χ3n) is 4.02. The highest BCUT2D eigenvalue weighted by Gasteiger charge is 2.30. The van der Waals surface area contributed by atoms with Crippen molar-refractivity contribution in [3.8, 4) is 5.69 Å². The smallest absolute Gasteiger partial charge is 0.277 e. The monoisotopic (exact) mass is 323 g/mol. The number of aromatic nitrogens is 2. The van der Waals surface area contributed by atoms with Crippen molar-refractivity contribution in [3.05, 3.63) is 77.1 Å². The summed E-state index contributed by atoms with van der Waals surface area (Å²) in [5.41, 5.74) is 3.29. The Hall–Kier alpha value is -2.59. The summed E-state index contributed by atoms with van der Waals surface area (Å²) in [5, 5.41) is 5.02. The molecule has 4 nitrogen and oxygen atoms in total. The van der Waals surface area contributed by atoms with E-state index in [1.165, 1.54) is 0 Å². The van der Waals surface area contributed by atoms with E-state index in [9.17, 15) is 4.79 Å². The zero-order valence-electron chi connectivity index (χ0n) is 12.3. The maximum atomic E-state index is 13.0. The molecule has 0 spiro atoms. The van der Waals surface area contributed by atoms with Crippen LogP contribution in [0.15, 0.2) is 60.8 Å². The van der Waals surface area contributed by atoms with E-state index in [2.05, 4.69) is 5.10 Å². The highest BCUT2D eigenvalue weighted by Crippen LogP contribution is 2.26. The molecule has 114 valence electrons. The fourth-order valence-electron chi connectivity index (χ4n) is 2.91. The SMILES string of the molecule is O=C1c2c(cnn2-c2cccc(Cl)c2)CCN1c1ccccc1. The fourth-order valence-corrected chi connectivity index (χ4v) is 3.10. The molecule has 23 heavy (non-hydrogen) atoms. The van der Waals surface area contributed by atoms with Gasteiger partial charge >= 0.3 is 0 Å². The predicted octanol–water partition coefficient (Wildman–Crippen LogP) is 3.73. The molecule has 0 fully saturated rings. The number of nitrogens with zero attached hydrogens (tertiary/aromatic N) is 3. The van der Waals surface area contributed by atoms with Crippen molar-refractivity contribution >= 4 is 23.2 Å². The number of fused-ring (bicyclic) bond motifs is 1. The molecule has 3 aromatic rings. The Morgan fingerprint density at radius 3 is 2.57 bits per heavy atom. The molecule has 0 unspecified atom stereocenters. The van der Waals surface area contributed by atoms with E-state index in [1.807, 2.05) is 48.5 Å². The Balaban J connectivity index is 1.79.